The Labute approximate surface area is 167 Å². The number of likely N-dealkylation sites (tertiary alicyclic amines) is 1. The highest BCUT2D eigenvalue weighted by Crippen LogP contribution is 2.38. The lowest BCUT2D eigenvalue weighted by molar-refractivity contribution is -0.127. The maximum absolute atomic E-state index is 14.3. The summed E-state index contributed by atoms with van der Waals surface area (Å²) in [7, 11) is 0. The second-order valence-electron chi connectivity index (χ2n) is 8.26. The van der Waals surface area contributed by atoms with Gasteiger partial charge in [0.2, 0.25) is 5.91 Å². The lowest BCUT2D eigenvalue weighted by Gasteiger charge is -2.38. The molecule has 1 saturated carbocycles. The number of imide groups is 1. The first kappa shape index (κ1) is 19.8. The van der Waals surface area contributed by atoms with Crippen molar-refractivity contribution in [2.24, 2.45) is 11.8 Å². The lowest BCUT2D eigenvalue weighted by atomic mass is 9.91. The third-order valence-electron chi connectivity index (χ3n) is 6.25. The molecule has 2 saturated heterocycles. The van der Waals surface area contributed by atoms with E-state index < -0.39 is 29.6 Å². The van der Waals surface area contributed by atoms with Gasteiger partial charge in [0.05, 0.1) is 6.42 Å². The minimum Gasteiger partial charge on any atom is -0.353 e. The quantitative estimate of drug-likeness (QED) is 0.641. The zero-order valence-electron chi connectivity index (χ0n) is 16.1. The fraction of sp³-hybridized carbons (Fsp3) is 0.550. The number of amides is 4. The molecule has 2 bridgehead atoms. The Balaban J connectivity index is 1.36. The Morgan fingerprint density at radius 3 is 2.52 bits per heavy atom. The highest BCUT2D eigenvalue weighted by molar-refractivity contribution is 6.05. The fourth-order valence-electron chi connectivity index (χ4n) is 4.80. The Hall–Kier alpha value is -2.55. The number of urea groups is 1. The van der Waals surface area contributed by atoms with Gasteiger partial charge in [-0.05, 0) is 43.2 Å². The summed E-state index contributed by atoms with van der Waals surface area (Å²) in [5, 5.41) is 7.54. The number of halogens is 2. The normalized spacial score (nSPS) is 28.9. The fourth-order valence-corrected chi connectivity index (χ4v) is 4.80. The van der Waals surface area contributed by atoms with Crippen LogP contribution >= 0.6 is 0 Å². The van der Waals surface area contributed by atoms with Crippen LogP contribution in [0.4, 0.5) is 13.6 Å². The molecule has 0 aromatic heterocycles. The summed E-state index contributed by atoms with van der Waals surface area (Å²) >= 11 is 0. The van der Waals surface area contributed by atoms with Crippen LogP contribution in [0.1, 0.15) is 30.4 Å². The summed E-state index contributed by atoms with van der Waals surface area (Å²) in [5.41, 5.74) is 0.518. The SMILES string of the molecule is Cc1ccc(F)c(CN2C[C@H]3CC[C@@H](C2)C3NC(=O)CC2NC(=O)NC2=O)c1F. The van der Waals surface area contributed by atoms with Crippen LogP contribution < -0.4 is 16.0 Å². The monoisotopic (exact) mass is 406 g/mol. The van der Waals surface area contributed by atoms with E-state index in [1.807, 2.05) is 0 Å². The Morgan fingerprint density at radius 2 is 1.90 bits per heavy atom. The average Bonchev–Trinajstić information content (AvgIpc) is 3.08. The van der Waals surface area contributed by atoms with Gasteiger partial charge in [-0.1, -0.05) is 6.07 Å². The maximum atomic E-state index is 14.3. The molecule has 1 aromatic carbocycles. The van der Waals surface area contributed by atoms with Crippen LogP contribution in [0.15, 0.2) is 12.1 Å². The average molecular weight is 406 g/mol. The van der Waals surface area contributed by atoms with Gasteiger partial charge in [-0.3, -0.25) is 19.8 Å². The largest absolute Gasteiger partial charge is 0.353 e. The summed E-state index contributed by atoms with van der Waals surface area (Å²) in [6, 6.07) is 1.29. The van der Waals surface area contributed by atoms with E-state index in [9.17, 15) is 23.2 Å². The standard InChI is InChI=1S/C20H24F2N4O3/c1-10-2-5-14(21)13(17(10)22)9-26-7-11-3-4-12(8-26)18(11)24-16(27)6-15-19(28)25-20(29)23-15/h2,5,11-12,15,18H,3-4,6-9H2,1H3,(H,24,27)(H2,23,25,28,29)/t11-,12+,15?,18?. The van der Waals surface area contributed by atoms with Crippen molar-refractivity contribution in [3.63, 3.8) is 0 Å². The second-order valence-corrected chi connectivity index (χ2v) is 8.26. The number of hydrogen-bond donors (Lipinski definition) is 3. The van der Waals surface area contributed by atoms with E-state index in [0.29, 0.717) is 18.7 Å². The van der Waals surface area contributed by atoms with Gasteiger partial charge in [0.25, 0.3) is 5.91 Å². The number of nitrogens with zero attached hydrogens (tertiary/aromatic N) is 1. The van der Waals surface area contributed by atoms with Crippen molar-refractivity contribution in [2.45, 2.75) is 44.8 Å². The highest BCUT2D eigenvalue weighted by atomic mass is 19.1. The number of hydrogen-bond acceptors (Lipinski definition) is 4. The number of fused-ring (bicyclic) bond motifs is 2. The van der Waals surface area contributed by atoms with E-state index in [-0.39, 0.29) is 42.3 Å². The van der Waals surface area contributed by atoms with Gasteiger partial charge in [-0.2, -0.15) is 0 Å². The molecule has 2 aliphatic heterocycles. The van der Waals surface area contributed by atoms with Crippen molar-refractivity contribution in [1.82, 2.24) is 20.9 Å². The number of carbonyl (C=O) groups excluding carboxylic acids is 3. The molecule has 1 aromatic rings. The van der Waals surface area contributed by atoms with Crippen molar-refractivity contribution in [3.8, 4) is 0 Å². The predicted octanol–water partition coefficient (Wildman–Crippen LogP) is 1.20. The highest BCUT2D eigenvalue weighted by Gasteiger charge is 2.43. The Bertz CT molecular complexity index is 848. The topological polar surface area (TPSA) is 90.5 Å². The van der Waals surface area contributed by atoms with Crippen LogP contribution in [0.3, 0.4) is 0 Å². The molecule has 3 fully saturated rings. The van der Waals surface area contributed by atoms with Gasteiger partial charge >= 0.3 is 6.03 Å². The first-order valence-corrected chi connectivity index (χ1v) is 9.88. The second kappa shape index (κ2) is 7.70. The van der Waals surface area contributed by atoms with Crippen molar-refractivity contribution < 1.29 is 23.2 Å². The molecular formula is C20H24F2N4O3. The van der Waals surface area contributed by atoms with Gasteiger partial charge < -0.3 is 10.6 Å². The smallest absolute Gasteiger partial charge is 0.322 e. The zero-order valence-corrected chi connectivity index (χ0v) is 16.1. The first-order chi connectivity index (χ1) is 13.8. The van der Waals surface area contributed by atoms with Gasteiger partial charge in [-0.25, -0.2) is 13.6 Å². The number of nitrogens with one attached hydrogen (secondary N) is 3. The van der Waals surface area contributed by atoms with Gasteiger partial charge in [0.15, 0.2) is 0 Å². The van der Waals surface area contributed by atoms with Crippen molar-refractivity contribution in [2.75, 3.05) is 13.1 Å². The van der Waals surface area contributed by atoms with Gasteiger partial charge in [-0.15, -0.1) is 0 Å². The van der Waals surface area contributed by atoms with Crippen LogP contribution in [0.2, 0.25) is 0 Å². The molecule has 9 heteroatoms. The number of carbonyl (C=O) groups is 3. The Kier molecular flexibility index (Phi) is 5.24. The third-order valence-corrected chi connectivity index (χ3v) is 6.25. The molecule has 29 heavy (non-hydrogen) atoms. The van der Waals surface area contributed by atoms with Crippen LogP contribution in [0.25, 0.3) is 0 Å². The molecule has 156 valence electrons. The first-order valence-electron chi connectivity index (χ1n) is 9.88. The third kappa shape index (κ3) is 3.96. The van der Waals surface area contributed by atoms with Crippen molar-refractivity contribution in [3.05, 3.63) is 34.9 Å². The summed E-state index contributed by atoms with van der Waals surface area (Å²) < 4.78 is 28.5. The number of aryl methyl sites for hydroxylation is 1. The Morgan fingerprint density at radius 1 is 1.21 bits per heavy atom. The van der Waals surface area contributed by atoms with E-state index >= 15 is 0 Å². The van der Waals surface area contributed by atoms with Crippen molar-refractivity contribution in [1.29, 1.82) is 0 Å². The number of rotatable bonds is 5. The molecular weight excluding hydrogens is 382 g/mol. The molecule has 0 radical (unpaired) electrons. The molecule has 0 spiro atoms. The zero-order chi connectivity index (χ0) is 20.7. The van der Waals surface area contributed by atoms with E-state index in [1.165, 1.54) is 12.1 Å². The van der Waals surface area contributed by atoms with Crippen LogP contribution in [-0.4, -0.2) is 47.9 Å². The van der Waals surface area contributed by atoms with E-state index in [2.05, 4.69) is 20.9 Å². The van der Waals surface area contributed by atoms with E-state index in [4.69, 9.17) is 0 Å². The maximum Gasteiger partial charge on any atom is 0.322 e. The van der Waals surface area contributed by atoms with Crippen molar-refractivity contribution >= 4 is 17.8 Å². The number of piperidine rings is 1. The summed E-state index contributed by atoms with van der Waals surface area (Å²) in [6.45, 7) is 3.13. The van der Waals surface area contributed by atoms with Crippen LogP contribution in [0.5, 0.6) is 0 Å². The van der Waals surface area contributed by atoms with E-state index in [1.54, 1.807) is 6.92 Å². The molecule has 3 aliphatic rings. The summed E-state index contributed by atoms with van der Waals surface area (Å²) in [6.07, 6.45) is 1.77. The minimum absolute atomic E-state index is 0.0221. The molecule has 4 rings (SSSR count). The molecule has 7 nitrogen and oxygen atoms in total. The molecule has 4 amide bonds. The molecule has 2 heterocycles. The molecule has 2 unspecified atom stereocenters. The van der Waals surface area contributed by atoms with Gasteiger partial charge in [0.1, 0.15) is 17.7 Å². The van der Waals surface area contributed by atoms with Crippen LogP contribution in [0, 0.1) is 30.4 Å². The minimum atomic E-state index is -0.840. The van der Waals surface area contributed by atoms with E-state index in [0.717, 1.165) is 12.8 Å². The summed E-state index contributed by atoms with van der Waals surface area (Å²) in [5.74, 6) is -1.41. The van der Waals surface area contributed by atoms with Gasteiger partial charge in [0, 0.05) is 31.2 Å². The molecule has 1 aliphatic carbocycles. The molecule has 3 N–H and O–H groups in total. The van der Waals surface area contributed by atoms with Crippen LogP contribution in [-0.2, 0) is 16.1 Å². The predicted molar refractivity (Wildman–Crippen MR) is 99.6 cm³/mol. The lowest BCUT2D eigenvalue weighted by Crippen LogP contribution is -2.53. The summed E-state index contributed by atoms with van der Waals surface area (Å²) in [4.78, 5) is 37.2. The number of benzene rings is 1. The molecule has 4 atom stereocenters.